The Bertz CT molecular complexity index is 1480. The predicted octanol–water partition coefficient (Wildman–Crippen LogP) is 6.03. The van der Waals surface area contributed by atoms with Crippen LogP contribution in [0.25, 0.3) is 11.2 Å². The van der Waals surface area contributed by atoms with Gasteiger partial charge >= 0.3 is 6.61 Å². The quantitative estimate of drug-likeness (QED) is 0.318. The standard InChI is InChI=1S/C28H27F3N4O2/c1-16-5-3-6-21(29)25(16)19-10-8-18(9-11-19)20-13-22-26(34-17(2)14-33-22)35(27(20)36)15-23-24(37-28(30)31)7-4-12-32-23/h3-7,12-14,18-19,28H,8-11,15H2,1-2H3. The van der Waals surface area contributed by atoms with Gasteiger partial charge in [-0.3, -0.25) is 19.3 Å². The van der Waals surface area contributed by atoms with Crippen LogP contribution < -0.4 is 10.3 Å². The average Bonchev–Trinajstić information content (AvgIpc) is 2.87. The van der Waals surface area contributed by atoms with Gasteiger partial charge in [-0.15, -0.1) is 0 Å². The SMILES string of the molecule is Cc1cnc2cc(C3CCC(c4c(C)cccc4F)CC3)c(=O)n(Cc3ncccc3OC(F)F)c2n1. The number of alkyl halides is 2. The molecule has 0 spiro atoms. The van der Waals surface area contributed by atoms with Crippen LogP contribution in [0.4, 0.5) is 13.2 Å². The van der Waals surface area contributed by atoms with Gasteiger partial charge in [0, 0.05) is 18.0 Å². The van der Waals surface area contributed by atoms with Gasteiger partial charge in [0.25, 0.3) is 5.56 Å². The third kappa shape index (κ3) is 5.08. The first-order chi connectivity index (χ1) is 17.8. The molecule has 0 bridgehead atoms. The van der Waals surface area contributed by atoms with Gasteiger partial charge in [-0.05, 0) is 86.8 Å². The molecular formula is C28H27F3N4O2. The number of nitrogens with zero attached hydrogens (tertiary/aromatic N) is 4. The highest BCUT2D eigenvalue weighted by Gasteiger charge is 2.29. The second-order valence-corrected chi connectivity index (χ2v) is 9.56. The van der Waals surface area contributed by atoms with Crippen molar-refractivity contribution < 1.29 is 17.9 Å². The van der Waals surface area contributed by atoms with Crippen LogP contribution in [0.2, 0.25) is 0 Å². The second kappa shape index (κ2) is 10.3. The summed E-state index contributed by atoms with van der Waals surface area (Å²) in [7, 11) is 0. The number of rotatable bonds is 6. The van der Waals surface area contributed by atoms with Gasteiger partial charge in [-0.1, -0.05) is 12.1 Å². The smallest absolute Gasteiger partial charge is 0.387 e. The first-order valence-corrected chi connectivity index (χ1v) is 12.3. The number of fused-ring (bicyclic) bond motifs is 1. The van der Waals surface area contributed by atoms with E-state index >= 15 is 0 Å². The summed E-state index contributed by atoms with van der Waals surface area (Å²) in [5.74, 6) is -0.205. The minimum atomic E-state index is -3.02. The Morgan fingerprint density at radius 3 is 2.54 bits per heavy atom. The molecule has 6 nitrogen and oxygen atoms in total. The lowest BCUT2D eigenvalue weighted by molar-refractivity contribution is -0.0507. The Morgan fingerprint density at radius 1 is 1.05 bits per heavy atom. The highest BCUT2D eigenvalue weighted by Crippen LogP contribution is 2.41. The van der Waals surface area contributed by atoms with E-state index in [0.29, 0.717) is 22.4 Å². The van der Waals surface area contributed by atoms with Gasteiger partial charge in [-0.2, -0.15) is 8.78 Å². The van der Waals surface area contributed by atoms with Crippen LogP contribution in [0.15, 0.2) is 53.6 Å². The third-order valence-electron chi connectivity index (χ3n) is 7.16. The van der Waals surface area contributed by atoms with Crippen molar-refractivity contribution in [2.45, 2.75) is 64.5 Å². The lowest BCUT2D eigenvalue weighted by Gasteiger charge is -2.30. The van der Waals surface area contributed by atoms with Crippen LogP contribution in [-0.2, 0) is 6.54 Å². The summed E-state index contributed by atoms with van der Waals surface area (Å²) in [6, 6.07) is 9.83. The van der Waals surface area contributed by atoms with Crippen molar-refractivity contribution in [3.8, 4) is 5.75 Å². The van der Waals surface area contributed by atoms with E-state index in [2.05, 4.69) is 19.7 Å². The van der Waals surface area contributed by atoms with Gasteiger partial charge in [0.1, 0.15) is 22.8 Å². The number of aromatic nitrogens is 4. The van der Waals surface area contributed by atoms with Gasteiger partial charge < -0.3 is 4.74 Å². The molecule has 0 unspecified atom stereocenters. The number of pyridine rings is 2. The maximum absolute atomic E-state index is 14.6. The molecule has 0 aliphatic heterocycles. The number of hydrogen-bond acceptors (Lipinski definition) is 5. The maximum atomic E-state index is 14.6. The first kappa shape index (κ1) is 24.9. The van der Waals surface area contributed by atoms with Crippen LogP contribution in [0.1, 0.15) is 65.6 Å². The summed E-state index contributed by atoms with van der Waals surface area (Å²) in [5.41, 5.74) is 3.77. The van der Waals surface area contributed by atoms with Crippen molar-refractivity contribution in [1.29, 1.82) is 0 Å². The topological polar surface area (TPSA) is 69.9 Å². The molecule has 0 saturated heterocycles. The van der Waals surface area contributed by atoms with E-state index in [1.165, 1.54) is 29.0 Å². The predicted molar refractivity (Wildman–Crippen MR) is 134 cm³/mol. The summed E-state index contributed by atoms with van der Waals surface area (Å²) in [4.78, 5) is 27.0. The van der Waals surface area contributed by atoms with Gasteiger partial charge in [-0.25, -0.2) is 9.37 Å². The molecule has 0 N–H and O–H groups in total. The van der Waals surface area contributed by atoms with Crippen molar-refractivity contribution in [3.63, 3.8) is 0 Å². The zero-order chi connectivity index (χ0) is 26.1. The van der Waals surface area contributed by atoms with Gasteiger partial charge in [0.15, 0.2) is 5.65 Å². The summed E-state index contributed by atoms with van der Waals surface area (Å²) >= 11 is 0. The molecule has 1 aromatic carbocycles. The molecule has 0 radical (unpaired) electrons. The summed E-state index contributed by atoms with van der Waals surface area (Å²) in [6.45, 7) is 0.593. The number of hydrogen-bond donors (Lipinski definition) is 0. The van der Waals surface area contributed by atoms with E-state index in [-0.39, 0.29) is 41.2 Å². The van der Waals surface area contributed by atoms with E-state index in [1.807, 2.05) is 13.0 Å². The number of ether oxygens (including phenoxy) is 1. The Balaban J connectivity index is 1.51. The van der Waals surface area contributed by atoms with Crippen molar-refractivity contribution in [1.82, 2.24) is 19.5 Å². The van der Waals surface area contributed by atoms with Crippen LogP contribution in [0, 0.1) is 19.7 Å². The first-order valence-electron chi connectivity index (χ1n) is 12.3. The average molecular weight is 509 g/mol. The maximum Gasteiger partial charge on any atom is 0.387 e. The lowest BCUT2D eigenvalue weighted by Crippen LogP contribution is -2.29. The Morgan fingerprint density at radius 2 is 1.81 bits per heavy atom. The molecule has 37 heavy (non-hydrogen) atoms. The molecule has 4 aromatic rings. The van der Waals surface area contributed by atoms with Crippen molar-refractivity contribution in [3.05, 3.63) is 93.0 Å². The molecule has 1 fully saturated rings. The molecule has 5 rings (SSSR count). The molecular weight excluding hydrogens is 481 g/mol. The zero-order valence-corrected chi connectivity index (χ0v) is 20.6. The summed E-state index contributed by atoms with van der Waals surface area (Å²) in [5, 5.41) is 0. The fourth-order valence-corrected chi connectivity index (χ4v) is 5.42. The van der Waals surface area contributed by atoms with Crippen LogP contribution in [0.5, 0.6) is 5.75 Å². The van der Waals surface area contributed by atoms with E-state index in [1.54, 1.807) is 25.3 Å². The summed E-state index contributed by atoms with van der Waals surface area (Å²) < 4.78 is 46.6. The Kier molecular flexibility index (Phi) is 6.95. The molecule has 3 aromatic heterocycles. The van der Waals surface area contributed by atoms with E-state index in [4.69, 9.17) is 0 Å². The Hall–Kier alpha value is -3.75. The van der Waals surface area contributed by atoms with Crippen molar-refractivity contribution in [2.24, 2.45) is 0 Å². The molecule has 1 aliphatic rings. The fraction of sp³-hybridized carbons (Fsp3) is 0.357. The van der Waals surface area contributed by atoms with E-state index in [0.717, 1.165) is 36.8 Å². The summed E-state index contributed by atoms with van der Waals surface area (Å²) in [6.07, 6.45) is 6.06. The number of benzene rings is 1. The van der Waals surface area contributed by atoms with Crippen LogP contribution in [-0.4, -0.2) is 26.1 Å². The van der Waals surface area contributed by atoms with Crippen molar-refractivity contribution >= 4 is 11.2 Å². The molecule has 1 aliphatic carbocycles. The van der Waals surface area contributed by atoms with Gasteiger partial charge in [0.2, 0.25) is 0 Å². The van der Waals surface area contributed by atoms with Crippen LogP contribution >= 0.6 is 0 Å². The third-order valence-corrected chi connectivity index (χ3v) is 7.16. The molecule has 192 valence electrons. The van der Waals surface area contributed by atoms with E-state index < -0.39 is 6.61 Å². The second-order valence-electron chi connectivity index (χ2n) is 9.56. The highest BCUT2D eigenvalue weighted by molar-refractivity contribution is 5.71. The molecule has 3 heterocycles. The molecule has 0 amide bonds. The monoisotopic (exact) mass is 508 g/mol. The highest BCUT2D eigenvalue weighted by atomic mass is 19.3. The van der Waals surface area contributed by atoms with E-state index in [9.17, 15) is 18.0 Å². The molecule has 1 saturated carbocycles. The number of halogens is 3. The molecule has 9 heteroatoms. The molecule has 0 atom stereocenters. The minimum absolute atomic E-state index is 0.0323. The number of aryl methyl sites for hydroxylation is 2. The zero-order valence-electron chi connectivity index (χ0n) is 20.6. The van der Waals surface area contributed by atoms with Crippen molar-refractivity contribution in [2.75, 3.05) is 0 Å². The van der Waals surface area contributed by atoms with Crippen LogP contribution in [0.3, 0.4) is 0 Å². The lowest BCUT2D eigenvalue weighted by atomic mass is 9.75. The Labute approximate surface area is 212 Å². The van der Waals surface area contributed by atoms with Gasteiger partial charge in [0.05, 0.1) is 12.2 Å². The largest absolute Gasteiger partial charge is 0.433 e. The fourth-order valence-electron chi connectivity index (χ4n) is 5.42. The normalized spacial score (nSPS) is 17.9. The minimum Gasteiger partial charge on any atom is -0.433 e.